The van der Waals surface area contributed by atoms with Crippen LogP contribution in [0.1, 0.15) is 48.7 Å². The molecule has 1 aliphatic rings. The largest absolute Gasteiger partial charge is 0.490 e. The van der Waals surface area contributed by atoms with E-state index in [0.717, 1.165) is 30.6 Å². The summed E-state index contributed by atoms with van der Waals surface area (Å²) < 4.78 is 11.3. The van der Waals surface area contributed by atoms with Gasteiger partial charge in [-0.15, -0.1) is 0 Å². The minimum Gasteiger partial charge on any atom is -0.490 e. The molecule has 5 rings (SSSR count). The molecule has 2 N–H and O–H groups in total. The molecule has 33 heavy (non-hydrogen) atoms. The Morgan fingerprint density at radius 1 is 1.30 bits per heavy atom. The third kappa shape index (κ3) is 4.23. The molecule has 2 heterocycles. The summed E-state index contributed by atoms with van der Waals surface area (Å²) in [6, 6.07) is 14.0. The van der Waals surface area contributed by atoms with Gasteiger partial charge in [-0.05, 0) is 56.0 Å². The van der Waals surface area contributed by atoms with E-state index in [-0.39, 0.29) is 12.1 Å². The fourth-order valence-electron chi connectivity index (χ4n) is 4.25. The maximum Gasteiger partial charge on any atom is 0.258 e. The van der Waals surface area contributed by atoms with E-state index in [9.17, 15) is 5.26 Å². The second kappa shape index (κ2) is 8.88. The zero-order valence-corrected chi connectivity index (χ0v) is 18.5. The molecule has 1 unspecified atom stereocenters. The molecule has 166 valence electrons. The number of aromatic nitrogens is 4. The Balaban J connectivity index is 1.39. The van der Waals surface area contributed by atoms with Crippen LogP contribution >= 0.6 is 0 Å². The topological polar surface area (TPSA) is 113 Å². The zero-order chi connectivity index (χ0) is 22.8. The lowest BCUT2D eigenvalue weighted by molar-refractivity contribution is 0.241. The van der Waals surface area contributed by atoms with E-state index in [0.29, 0.717) is 28.6 Å². The summed E-state index contributed by atoms with van der Waals surface area (Å²) in [5, 5.41) is 17.4. The molecule has 0 bridgehead atoms. The van der Waals surface area contributed by atoms with E-state index in [1.807, 2.05) is 38.2 Å². The van der Waals surface area contributed by atoms with Crippen LogP contribution in [-0.2, 0) is 13.0 Å². The average Bonchev–Trinajstić information content (AvgIpc) is 3.58. The van der Waals surface area contributed by atoms with Gasteiger partial charge in [-0.1, -0.05) is 23.4 Å². The number of nitrogens with one attached hydrogen (secondary N) is 2. The minimum atomic E-state index is -0.0177. The highest BCUT2D eigenvalue weighted by molar-refractivity contribution is 5.67. The molecule has 8 nitrogen and oxygen atoms in total. The van der Waals surface area contributed by atoms with Gasteiger partial charge >= 0.3 is 0 Å². The fourth-order valence-corrected chi connectivity index (χ4v) is 4.25. The van der Waals surface area contributed by atoms with E-state index < -0.39 is 0 Å². The lowest BCUT2D eigenvalue weighted by atomic mass is 10.0. The third-order valence-corrected chi connectivity index (χ3v) is 5.74. The van der Waals surface area contributed by atoms with E-state index in [1.165, 1.54) is 11.1 Å². The van der Waals surface area contributed by atoms with Gasteiger partial charge in [0.1, 0.15) is 11.8 Å². The lowest BCUT2D eigenvalue weighted by Gasteiger charge is -2.13. The van der Waals surface area contributed by atoms with Crippen molar-refractivity contribution < 1.29 is 9.26 Å². The van der Waals surface area contributed by atoms with Crippen molar-refractivity contribution in [2.24, 2.45) is 0 Å². The van der Waals surface area contributed by atoms with Crippen molar-refractivity contribution in [1.82, 2.24) is 25.4 Å². The van der Waals surface area contributed by atoms with Gasteiger partial charge in [0.15, 0.2) is 0 Å². The number of nitrogens with zero attached hydrogens (tertiary/aromatic N) is 4. The van der Waals surface area contributed by atoms with Gasteiger partial charge < -0.3 is 19.6 Å². The standard InChI is InChI=1S/C25H24N6O2/c1-15(2)32-23-9-6-16(10-17(23)11-26)25-30-24(31-33-25)21-5-3-4-20-19(21)7-8-22(20)28-13-18-12-27-14-29-18/h3-6,9-10,12,14-15,22,28H,7-8,13H2,1-2H3,(H,27,29). The van der Waals surface area contributed by atoms with Gasteiger partial charge in [-0.3, -0.25) is 0 Å². The van der Waals surface area contributed by atoms with Crippen molar-refractivity contribution in [2.75, 3.05) is 0 Å². The Hall–Kier alpha value is -3.96. The smallest absolute Gasteiger partial charge is 0.258 e. The van der Waals surface area contributed by atoms with Crippen molar-refractivity contribution in [1.29, 1.82) is 5.26 Å². The Morgan fingerprint density at radius 3 is 3.00 bits per heavy atom. The monoisotopic (exact) mass is 440 g/mol. The highest BCUT2D eigenvalue weighted by atomic mass is 16.5. The molecule has 0 spiro atoms. The van der Waals surface area contributed by atoms with Crippen LogP contribution in [0, 0.1) is 11.3 Å². The first kappa shape index (κ1) is 20.9. The first-order chi connectivity index (χ1) is 16.1. The molecular weight excluding hydrogens is 416 g/mol. The van der Waals surface area contributed by atoms with Crippen LogP contribution in [0.2, 0.25) is 0 Å². The van der Waals surface area contributed by atoms with Crippen LogP contribution in [0.4, 0.5) is 0 Å². The van der Waals surface area contributed by atoms with Crippen LogP contribution in [-0.4, -0.2) is 26.2 Å². The second-order valence-corrected chi connectivity index (χ2v) is 8.33. The Kier molecular flexibility index (Phi) is 5.63. The van der Waals surface area contributed by atoms with E-state index in [4.69, 9.17) is 9.26 Å². The number of H-pyrrole nitrogens is 1. The van der Waals surface area contributed by atoms with E-state index >= 15 is 0 Å². The Morgan fingerprint density at radius 2 is 2.21 bits per heavy atom. The second-order valence-electron chi connectivity index (χ2n) is 8.33. The number of benzene rings is 2. The quantitative estimate of drug-likeness (QED) is 0.433. The molecule has 8 heteroatoms. The number of imidazole rings is 1. The van der Waals surface area contributed by atoms with Crippen LogP contribution in [0.5, 0.6) is 5.75 Å². The van der Waals surface area contributed by atoms with Crippen LogP contribution < -0.4 is 10.1 Å². The predicted molar refractivity (Wildman–Crippen MR) is 122 cm³/mol. The number of hydrogen-bond acceptors (Lipinski definition) is 7. The Bertz CT molecular complexity index is 1300. The van der Waals surface area contributed by atoms with Gasteiger partial charge in [0.05, 0.1) is 18.0 Å². The van der Waals surface area contributed by atoms with Crippen molar-refractivity contribution in [3.63, 3.8) is 0 Å². The molecule has 0 amide bonds. The van der Waals surface area contributed by atoms with Crippen LogP contribution in [0.15, 0.2) is 53.4 Å². The maximum absolute atomic E-state index is 9.51. The fraction of sp³-hybridized carbons (Fsp3) is 0.280. The number of ether oxygens (including phenoxy) is 1. The number of nitriles is 1. The first-order valence-electron chi connectivity index (χ1n) is 11.0. The van der Waals surface area contributed by atoms with Gasteiger partial charge in [0.25, 0.3) is 5.89 Å². The third-order valence-electron chi connectivity index (χ3n) is 5.74. The summed E-state index contributed by atoms with van der Waals surface area (Å²) in [7, 11) is 0. The molecule has 0 aliphatic heterocycles. The Labute approximate surface area is 191 Å². The van der Waals surface area contributed by atoms with Crippen molar-refractivity contribution in [2.45, 2.75) is 45.4 Å². The number of hydrogen-bond donors (Lipinski definition) is 2. The number of rotatable bonds is 7. The maximum atomic E-state index is 9.51. The number of fused-ring (bicyclic) bond motifs is 1. The number of aromatic amines is 1. The summed E-state index contributed by atoms with van der Waals surface area (Å²) in [5.41, 5.74) is 5.67. The molecule has 0 fully saturated rings. The SMILES string of the molecule is CC(C)Oc1ccc(-c2nc(-c3cccc4c3CCC4NCc3cnc[nH]3)no2)cc1C#N. The molecule has 0 radical (unpaired) electrons. The lowest BCUT2D eigenvalue weighted by Crippen LogP contribution is -2.18. The average molecular weight is 441 g/mol. The van der Waals surface area contributed by atoms with Crippen molar-refractivity contribution in [3.05, 3.63) is 71.3 Å². The summed E-state index contributed by atoms with van der Waals surface area (Å²) in [4.78, 5) is 11.8. The summed E-state index contributed by atoms with van der Waals surface area (Å²) in [6.45, 7) is 4.59. The highest BCUT2D eigenvalue weighted by Gasteiger charge is 2.26. The van der Waals surface area contributed by atoms with Crippen molar-refractivity contribution in [3.8, 4) is 34.7 Å². The van der Waals surface area contributed by atoms with Crippen LogP contribution in [0.25, 0.3) is 22.8 Å². The van der Waals surface area contributed by atoms with E-state index in [1.54, 1.807) is 18.5 Å². The molecular formula is C25H24N6O2. The molecule has 2 aromatic carbocycles. The summed E-state index contributed by atoms with van der Waals surface area (Å²) in [6.07, 6.45) is 5.45. The van der Waals surface area contributed by atoms with Crippen LogP contribution in [0.3, 0.4) is 0 Å². The van der Waals surface area contributed by atoms with Gasteiger partial charge in [0, 0.05) is 35.6 Å². The minimum absolute atomic E-state index is 0.0177. The van der Waals surface area contributed by atoms with Gasteiger partial charge in [-0.2, -0.15) is 10.2 Å². The summed E-state index contributed by atoms with van der Waals surface area (Å²) in [5.74, 6) is 1.48. The molecule has 2 aromatic heterocycles. The molecule has 4 aromatic rings. The molecule has 1 atom stereocenters. The van der Waals surface area contributed by atoms with Gasteiger partial charge in [0.2, 0.25) is 5.82 Å². The molecule has 0 saturated carbocycles. The first-order valence-corrected chi connectivity index (χ1v) is 11.0. The molecule has 0 saturated heterocycles. The highest BCUT2D eigenvalue weighted by Crippen LogP contribution is 2.37. The van der Waals surface area contributed by atoms with E-state index in [2.05, 4.69) is 37.6 Å². The van der Waals surface area contributed by atoms with Crippen molar-refractivity contribution >= 4 is 0 Å². The molecule has 1 aliphatic carbocycles. The zero-order valence-electron chi connectivity index (χ0n) is 18.5. The van der Waals surface area contributed by atoms with Gasteiger partial charge in [-0.25, -0.2) is 4.98 Å². The normalized spacial score (nSPS) is 14.9. The predicted octanol–water partition coefficient (Wildman–Crippen LogP) is 4.56. The summed E-state index contributed by atoms with van der Waals surface area (Å²) >= 11 is 0.